The van der Waals surface area contributed by atoms with Crippen molar-refractivity contribution in [2.24, 2.45) is 5.92 Å². The Morgan fingerprint density at radius 2 is 1.89 bits per heavy atom. The Morgan fingerprint density at radius 1 is 1.14 bits per heavy atom. The van der Waals surface area contributed by atoms with Gasteiger partial charge in [0.1, 0.15) is 11.9 Å². The Labute approximate surface area is 212 Å². The third-order valence-corrected chi connectivity index (χ3v) is 8.29. The van der Waals surface area contributed by atoms with Crippen molar-refractivity contribution in [1.29, 1.82) is 0 Å². The minimum absolute atomic E-state index is 0.0568. The molecule has 7 nitrogen and oxygen atoms in total. The molecule has 0 saturated heterocycles. The summed E-state index contributed by atoms with van der Waals surface area (Å²) >= 11 is 0. The maximum Gasteiger partial charge on any atom is 0.263 e. The molecule has 0 aromatic heterocycles. The van der Waals surface area contributed by atoms with Gasteiger partial charge in [0, 0.05) is 24.9 Å². The molecule has 1 heterocycles. The fraction of sp³-hybridized carbons (Fsp3) is 0.481. The first-order valence-electron chi connectivity index (χ1n) is 12.7. The molecule has 194 valence electrons. The van der Waals surface area contributed by atoms with Gasteiger partial charge >= 0.3 is 0 Å². The monoisotopic (exact) mass is 515 g/mol. The van der Waals surface area contributed by atoms with E-state index in [2.05, 4.69) is 5.32 Å². The van der Waals surface area contributed by atoms with E-state index in [9.17, 15) is 22.4 Å². The van der Waals surface area contributed by atoms with Crippen molar-refractivity contribution in [2.45, 2.75) is 62.8 Å². The predicted octanol–water partition coefficient (Wildman–Crippen LogP) is 4.12. The largest absolute Gasteiger partial charge is 0.340 e. The second kappa shape index (κ2) is 11.0. The first-order valence-corrected chi connectivity index (χ1v) is 14.5. The highest BCUT2D eigenvalue weighted by Crippen LogP contribution is 2.32. The molecule has 0 bridgehead atoms. The molecule has 1 N–H and O–H groups in total. The number of fused-ring (bicyclic) bond motifs is 1. The number of carbonyl (C=O) groups is 2. The predicted molar refractivity (Wildman–Crippen MR) is 137 cm³/mol. The summed E-state index contributed by atoms with van der Waals surface area (Å²) in [6, 6.07) is 9.70. The first kappa shape index (κ1) is 26.1. The minimum atomic E-state index is -3.47. The quantitative estimate of drug-likeness (QED) is 0.572. The summed E-state index contributed by atoms with van der Waals surface area (Å²) in [6.07, 6.45) is 7.69. The van der Waals surface area contributed by atoms with Gasteiger partial charge in [-0.05, 0) is 67.6 Å². The summed E-state index contributed by atoms with van der Waals surface area (Å²) in [6.45, 7) is 2.84. The van der Waals surface area contributed by atoms with Crippen molar-refractivity contribution >= 4 is 27.3 Å². The smallest absolute Gasteiger partial charge is 0.263 e. The molecule has 4 rings (SSSR count). The maximum absolute atomic E-state index is 13.9. The van der Waals surface area contributed by atoms with Crippen LogP contribution in [0.25, 0.3) is 0 Å². The number of nitrogens with zero attached hydrogens (tertiary/aromatic N) is 2. The molecule has 1 unspecified atom stereocenters. The average molecular weight is 516 g/mol. The van der Waals surface area contributed by atoms with Crippen LogP contribution >= 0.6 is 0 Å². The first-order chi connectivity index (χ1) is 17.2. The van der Waals surface area contributed by atoms with E-state index in [0.29, 0.717) is 31.8 Å². The van der Waals surface area contributed by atoms with Gasteiger partial charge in [-0.25, -0.2) is 12.8 Å². The minimum Gasteiger partial charge on any atom is -0.340 e. The van der Waals surface area contributed by atoms with Gasteiger partial charge in [-0.2, -0.15) is 0 Å². The molecule has 36 heavy (non-hydrogen) atoms. The Kier molecular flexibility index (Phi) is 7.97. The lowest BCUT2D eigenvalue weighted by atomic mass is 9.84. The molecule has 2 aliphatic rings. The number of hydrogen-bond acceptors (Lipinski definition) is 5. The number of rotatable bonds is 8. The molecule has 9 heteroatoms. The second-order valence-electron chi connectivity index (χ2n) is 9.77. The number of likely N-dealkylation sites (N-methyl/N-ethyl adjacent to an activating group) is 1. The molecule has 2 amide bonds. The van der Waals surface area contributed by atoms with Gasteiger partial charge in [-0.15, -0.1) is 0 Å². The van der Waals surface area contributed by atoms with E-state index in [1.165, 1.54) is 36.8 Å². The van der Waals surface area contributed by atoms with Crippen molar-refractivity contribution in [3.8, 4) is 0 Å². The van der Waals surface area contributed by atoms with E-state index >= 15 is 0 Å². The van der Waals surface area contributed by atoms with Crippen LogP contribution in [0, 0.1) is 11.7 Å². The van der Waals surface area contributed by atoms with E-state index in [0.717, 1.165) is 43.2 Å². The SMILES string of the molecule is CCN(C(=O)C(CC1CCCCC1)NC(=O)c1cccc(S(C)(=O)=O)c1)N1CCc2cc(F)ccc21. The number of hydrogen-bond donors (Lipinski definition) is 1. The molecule has 1 aliphatic heterocycles. The number of anilines is 1. The number of amides is 2. The highest BCUT2D eigenvalue weighted by atomic mass is 32.2. The normalized spacial score (nSPS) is 16.9. The molecule has 1 atom stereocenters. The fourth-order valence-electron chi connectivity index (χ4n) is 5.32. The Hall–Kier alpha value is -2.94. The third kappa shape index (κ3) is 5.88. The molecule has 1 fully saturated rings. The number of nitrogens with one attached hydrogen (secondary N) is 1. The van der Waals surface area contributed by atoms with Crippen LogP contribution in [0.2, 0.25) is 0 Å². The van der Waals surface area contributed by atoms with Gasteiger partial charge in [0.25, 0.3) is 11.8 Å². The molecular formula is C27H34FN3O4S. The van der Waals surface area contributed by atoms with Crippen molar-refractivity contribution in [3.05, 3.63) is 59.4 Å². The number of halogens is 1. The van der Waals surface area contributed by atoms with E-state index in [1.54, 1.807) is 17.1 Å². The summed E-state index contributed by atoms with van der Waals surface area (Å²) in [5.74, 6) is -0.666. The lowest BCUT2D eigenvalue weighted by Crippen LogP contribution is -2.55. The second-order valence-corrected chi connectivity index (χ2v) is 11.8. The molecule has 1 saturated carbocycles. The molecule has 2 aromatic carbocycles. The van der Waals surface area contributed by atoms with Crippen molar-refractivity contribution < 1.29 is 22.4 Å². The van der Waals surface area contributed by atoms with Gasteiger partial charge in [-0.1, -0.05) is 38.2 Å². The standard InChI is InChI=1S/C27H34FN3O4S/c1-3-30(31-15-14-20-17-22(28)12-13-25(20)31)27(33)24(16-19-8-5-4-6-9-19)29-26(32)21-10-7-11-23(18-21)36(2,34)35/h7,10-13,17-19,24H,3-6,8-9,14-16H2,1-2H3,(H,29,32). The van der Waals surface area contributed by atoms with Gasteiger partial charge in [-0.3, -0.25) is 19.6 Å². The van der Waals surface area contributed by atoms with Gasteiger partial charge < -0.3 is 5.32 Å². The molecule has 2 aromatic rings. The lowest BCUT2D eigenvalue weighted by Gasteiger charge is -2.37. The fourth-order valence-corrected chi connectivity index (χ4v) is 5.98. The maximum atomic E-state index is 13.9. The van der Waals surface area contributed by atoms with Gasteiger partial charge in [0.05, 0.1) is 10.6 Å². The molecule has 1 aliphatic carbocycles. The van der Waals surface area contributed by atoms with Crippen LogP contribution in [0.3, 0.4) is 0 Å². The van der Waals surface area contributed by atoms with E-state index in [1.807, 2.05) is 11.9 Å². The Morgan fingerprint density at radius 3 is 2.58 bits per heavy atom. The molecule has 0 radical (unpaired) electrons. The summed E-state index contributed by atoms with van der Waals surface area (Å²) < 4.78 is 37.7. The lowest BCUT2D eigenvalue weighted by molar-refractivity contribution is -0.134. The number of benzene rings is 2. The Bertz CT molecular complexity index is 1230. The molecular weight excluding hydrogens is 481 g/mol. The van der Waals surface area contributed by atoms with Gasteiger partial charge in [0.2, 0.25) is 0 Å². The third-order valence-electron chi connectivity index (χ3n) is 7.18. The van der Waals surface area contributed by atoms with Crippen molar-refractivity contribution in [1.82, 2.24) is 10.3 Å². The highest BCUT2D eigenvalue weighted by Gasteiger charge is 2.34. The number of sulfone groups is 1. The summed E-state index contributed by atoms with van der Waals surface area (Å²) in [5, 5.41) is 6.44. The zero-order valence-electron chi connectivity index (χ0n) is 20.9. The van der Waals surface area contributed by atoms with Crippen LogP contribution in [-0.4, -0.2) is 50.6 Å². The van der Waals surface area contributed by atoms with Crippen LogP contribution in [0.15, 0.2) is 47.4 Å². The Balaban J connectivity index is 1.59. The number of carbonyl (C=O) groups excluding carboxylic acids is 2. The summed E-state index contributed by atoms with van der Waals surface area (Å²) in [5.41, 5.74) is 1.85. The summed E-state index contributed by atoms with van der Waals surface area (Å²) in [4.78, 5) is 27.2. The van der Waals surface area contributed by atoms with Gasteiger partial charge in [0.15, 0.2) is 9.84 Å². The zero-order valence-corrected chi connectivity index (χ0v) is 21.7. The molecule has 0 spiro atoms. The van der Waals surface area contributed by atoms with Crippen molar-refractivity contribution in [2.75, 3.05) is 24.4 Å². The average Bonchev–Trinajstić information content (AvgIpc) is 3.27. The van der Waals surface area contributed by atoms with E-state index < -0.39 is 21.8 Å². The van der Waals surface area contributed by atoms with Crippen molar-refractivity contribution in [3.63, 3.8) is 0 Å². The summed E-state index contributed by atoms with van der Waals surface area (Å²) in [7, 11) is -3.47. The van der Waals surface area contributed by atoms with Crippen LogP contribution in [0.5, 0.6) is 0 Å². The van der Waals surface area contributed by atoms with Crippen LogP contribution in [-0.2, 0) is 21.1 Å². The van der Waals surface area contributed by atoms with Crippen LogP contribution < -0.4 is 10.3 Å². The van der Waals surface area contributed by atoms with Crippen LogP contribution in [0.4, 0.5) is 10.1 Å². The number of hydrazine groups is 1. The van der Waals surface area contributed by atoms with E-state index in [-0.39, 0.29) is 22.2 Å². The van der Waals surface area contributed by atoms with E-state index in [4.69, 9.17) is 0 Å². The topological polar surface area (TPSA) is 86.8 Å². The zero-order chi connectivity index (χ0) is 25.9. The van der Waals surface area contributed by atoms with Crippen LogP contribution in [0.1, 0.15) is 61.4 Å². The highest BCUT2D eigenvalue weighted by molar-refractivity contribution is 7.90.